The number of rotatable bonds is 6. The molecule has 0 saturated heterocycles. The molecule has 0 radical (unpaired) electrons. The number of nitrogens with zero attached hydrogens (tertiary/aromatic N) is 3. The van der Waals surface area contributed by atoms with Gasteiger partial charge in [-0.3, -0.25) is 4.79 Å². The van der Waals surface area contributed by atoms with Gasteiger partial charge in [0.15, 0.2) is 11.3 Å². The van der Waals surface area contributed by atoms with Crippen molar-refractivity contribution >= 4 is 27.3 Å². The fourth-order valence-electron chi connectivity index (χ4n) is 3.64. The van der Waals surface area contributed by atoms with E-state index in [-0.39, 0.29) is 39.4 Å². The van der Waals surface area contributed by atoms with E-state index in [4.69, 9.17) is 0 Å². The van der Waals surface area contributed by atoms with Crippen LogP contribution in [-0.4, -0.2) is 35.5 Å². The molecule has 4 rings (SSSR count). The molecule has 0 bridgehead atoms. The molecule has 4 aromatic rings. The molecule has 0 atom stereocenters. The van der Waals surface area contributed by atoms with Crippen LogP contribution in [0.25, 0.3) is 16.9 Å². The molecule has 1 amide bonds. The van der Waals surface area contributed by atoms with Crippen LogP contribution >= 0.6 is 0 Å². The Morgan fingerprint density at radius 2 is 1.59 bits per heavy atom. The molecular formula is C26H23F6N5O3S. The summed E-state index contributed by atoms with van der Waals surface area (Å²) in [6, 6.07) is 9.21. The first kappa shape index (κ1) is 30.0. The molecule has 2 aromatic carbocycles. The molecule has 41 heavy (non-hydrogen) atoms. The smallest absolute Gasteiger partial charge is 0.322 e. The van der Waals surface area contributed by atoms with Gasteiger partial charge < -0.3 is 5.32 Å². The molecule has 8 nitrogen and oxygen atoms in total. The van der Waals surface area contributed by atoms with Crippen molar-refractivity contribution in [1.29, 1.82) is 0 Å². The SMILES string of the molecule is CC(C)(C)CNS(=O)(=O)c1cccc(NC(=O)c2cnn3c(C(F)(F)F)cc(-c4ccc(C(F)(F)F)cc4)nc23)c1. The van der Waals surface area contributed by atoms with Crippen LogP contribution < -0.4 is 10.0 Å². The zero-order chi connectivity index (χ0) is 30.4. The molecule has 2 heterocycles. The third-order valence-corrected chi connectivity index (χ3v) is 7.11. The summed E-state index contributed by atoms with van der Waals surface area (Å²) in [5.41, 5.74) is -3.92. The van der Waals surface area contributed by atoms with Crippen molar-refractivity contribution in [2.24, 2.45) is 5.41 Å². The van der Waals surface area contributed by atoms with E-state index in [0.717, 1.165) is 18.3 Å². The average molecular weight is 600 g/mol. The number of amides is 1. The van der Waals surface area contributed by atoms with Crippen molar-refractivity contribution in [2.75, 3.05) is 11.9 Å². The van der Waals surface area contributed by atoms with Gasteiger partial charge in [0, 0.05) is 17.8 Å². The zero-order valence-corrected chi connectivity index (χ0v) is 22.5. The lowest BCUT2D eigenvalue weighted by atomic mass is 9.98. The first-order chi connectivity index (χ1) is 18.8. The summed E-state index contributed by atoms with van der Waals surface area (Å²) in [6.45, 7) is 5.65. The number of benzene rings is 2. The quantitative estimate of drug-likeness (QED) is 0.264. The Morgan fingerprint density at radius 3 is 2.17 bits per heavy atom. The Bertz CT molecular complexity index is 1710. The zero-order valence-electron chi connectivity index (χ0n) is 21.7. The number of sulfonamides is 1. The van der Waals surface area contributed by atoms with Crippen LogP contribution in [0.3, 0.4) is 0 Å². The topological polar surface area (TPSA) is 105 Å². The second kappa shape index (κ2) is 10.4. The number of carbonyl (C=O) groups is 1. The van der Waals surface area contributed by atoms with E-state index in [1.807, 2.05) is 20.8 Å². The van der Waals surface area contributed by atoms with E-state index in [2.05, 4.69) is 20.1 Å². The van der Waals surface area contributed by atoms with E-state index in [0.29, 0.717) is 22.7 Å². The van der Waals surface area contributed by atoms with Crippen LogP contribution in [0.15, 0.2) is 65.7 Å². The predicted molar refractivity (Wildman–Crippen MR) is 137 cm³/mol. The molecule has 0 aliphatic heterocycles. The van der Waals surface area contributed by atoms with Gasteiger partial charge in [-0.25, -0.2) is 22.6 Å². The van der Waals surface area contributed by atoms with Gasteiger partial charge in [0.25, 0.3) is 5.91 Å². The Balaban J connectivity index is 1.71. The minimum absolute atomic E-state index is 0.0305. The highest BCUT2D eigenvalue weighted by Crippen LogP contribution is 2.34. The Labute approximate surface area is 230 Å². The minimum Gasteiger partial charge on any atom is -0.322 e. The van der Waals surface area contributed by atoms with Crippen molar-refractivity contribution < 1.29 is 39.6 Å². The largest absolute Gasteiger partial charge is 0.433 e. The Kier molecular flexibility index (Phi) is 7.64. The number of fused-ring (bicyclic) bond motifs is 1. The molecule has 218 valence electrons. The molecular weight excluding hydrogens is 576 g/mol. The molecule has 2 aromatic heterocycles. The fourth-order valence-corrected chi connectivity index (χ4v) is 4.97. The number of hydrogen-bond acceptors (Lipinski definition) is 5. The molecule has 0 aliphatic rings. The first-order valence-electron chi connectivity index (χ1n) is 11.9. The van der Waals surface area contributed by atoms with Gasteiger partial charge in [-0.05, 0) is 41.8 Å². The van der Waals surface area contributed by atoms with Gasteiger partial charge in [0.2, 0.25) is 10.0 Å². The Morgan fingerprint density at radius 1 is 0.927 bits per heavy atom. The summed E-state index contributed by atoms with van der Waals surface area (Å²) < 4.78 is 109. The summed E-state index contributed by atoms with van der Waals surface area (Å²) in [4.78, 5) is 17.0. The Hall–Kier alpha value is -3.98. The highest BCUT2D eigenvalue weighted by Gasteiger charge is 2.36. The van der Waals surface area contributed by atoms with Crippen molar-refractivity contribution in [3.8, 4) is 11.3 Å². The van der Waals surface area contributed by atoms with Crippen molar-refractivity contribution in [3.05, 3.63) is 77.6 Å². The summed E-state index contributed by atoms with van der Waals surface area (Å²) in [5, 5.41) is 6.08. The summed E-state index contributed by atoms with van der Waals surface area (Å²) in [7, 11) is -3.94. The normalized spacial score (nSPS) is 13.0. The van der Waals surface area contributed by atoms with Crippen LogP contribution in [0.2, 0.25) is 0 Å². The highest BCUT2D eigenvalue weighted by atomic mass is 32.2. The molecule has 0 spiro atoms. The van der Waals surface area contributed by atoms with E-state index in [1.165, 1.54) is 24.3 Å². The highest BCUT2D eigenvalue weighted by molar-refractivity contribution is 7.89. The van der Waals surface area contributed by atoms with Crippen LogP contribution in [0.4, 0.5) is 32.0 Å². The number of nitrogens with one attached hydrogen (secondary N) is 2. The lowest BCUT2D eigenvalue weighted by molar-refractivity contribution is -0.142. The number of alkyl halides is 6. The van der Waals surface area contributed by atoms with Gasteiger partial charge in [0.1, 0.15) is 5.56 Å². The lowest BCUT2D eigenvalue weighted by Gasteiger charge is -2.19. The van der Waals surface area contributed by atoms with E-state index in [1.54, 1.807) is 0 Å². The second-order valence-corrected chi connectivity index (χ2v) is 12.0. The van der Waals surface area contributed by atoms with Crippen LogP contribution in [0, 0.1) is 5.41 Å². The molecule has 2 N–H and O–H groups in total. The molecule has 15 heteroatoms. The van der Waals surface area contributed by atoms with Gasteiger partial charge >= 0.3 is 12.4 Å². The van der Waals surface area contributed by atoms with Gasteiger partial charge in [0.05, 0.1) is 22.3 Å². The van der Waals surface area contributed by atoms with Crippen molar-refractivity contribution in [2.45, 2.75) is 38.0 Å². The van der Waals surface area contributed by atoms with Gasteiger partial charge in [-0.2, -0.15) is 31.4 Å². The molecule has 0 saturated carbocycles. The third-order valence-electron chi connectivity index (χ3n) is 5.71. The summed E-state index contributed by atoms with van der Waals surface area (Å²) in [5.74, 6) is -0.942. The van der Waals surface area contributed by atoms with Crippen LogP contribution in [0.1, 0.15) is 42.4 Å². The molecule has 0 aliphatic carbocycles. The van der Waals surface area contributed by atoms with Gasteiger partial charge in [-0.1, -0.05) is 39.0 Å². The van der Waals surface area contributed by atoms with Crippen LogP contribution in [-0.2, 0) is 22.4 Å². The van der Waals surface area contributed by atoms with Crippen LogP contribution in [0.5, 0.6) is 0 Å². The van der Waals surface area contributed by atoms with Crippen molar-refractivity contribution in [3.63, 3.8) is 0 Å². The molecule has 0 unspecified atom stereocenters. The average Bonchev–Trinajstić information content (AvgIpc) is 3.30. The standard InChI is InChI=1S/C26H23F6N5O3S/c1-24(2,3)14-34-41(39,40)18-6-4-5-17(11-18)35-23(38)19-13-33-37-21(26(30,31)32)12-20(36-22(19)37)15-7-9-16(10-8-15)25(27,28)29/h4-13,34H,14H2,1-3H3,(H,35,38). The third kappa shape index (κ3) is 6.85. The number of carbonyl (C=O) groups excluding carboxylic acids is 1. The van der Waals surface area contributed by atoms with E-state index < -0.39 is 45.2 Å². The monoisotopic (exact) mass is 599 g/mol. The number of hydrogen-bond donors (Lipinski definition) is 2. The molecule has 0 fully saturated rings. The number of halogens is 6. The maximum atomic E-state index is 13.9. The number of anilines is 1. The summed E-state index contributed by atoms with van der Waals surface area (Å²) in [6.07, 6.45) is -8.75. The number of aromatic nitrogens is 3. The van der Waals surface area contributed by atoms with E-state index >= 15 is 0 Å². The summed E-state index contributed by atoms with van der Waals surface area (Å²) >= 11 is 0. The van der Waals surface area contributed by atoms with Crippen molar-refractivity contribution in [1.82, 2.24) is 19.3 Å². The lowest BCUT2D eigenvalue weighted by Crippen LogP contribution is -2.32. The van der Waals surface area contributed by atoms with Gasteiger partial charge in [-0.15, -0.1) is 0 Å². The first-order valence-corrected chi connectivity index (χ1v) is 13.4. The maximum Gasteiger partial charge on any atom is 0.433 e. The predicted octanol–water partition coefficient (Wildman–Crippen LogP) is 6.01. The minimum atomic E-state index is -4.95. The van der Waals surface area contributed by atoms with E-state index in [9.17, 15) is 39.6 Å². The fraction of sp³-hybridized carbons (Fsp3) is 0.269. The second-order valence-electron chi connectivity index (χ2n) is 10.3. The maximum absolute atomic E-state index is 13.9.